The van der Waals surface area contributed by atoms with E-state index in [1.165, 1.54) is 19.2 Å². The van der Waals surface area contributed by atoms with Gasteiger partial charge < -0.3 is 9.84 Å². The Bertz CT molecular complexity index is 437. The van der Waals surface area contributed by atoms with Gasteiger partial charge in [0.15, 0.2) is 5.60 Å². The van der Waals surface area contributed by atoms with Crippen molar-refractivity contribution in [2.24, 2.45) is 0 Å². The van der Waals surface area contributed by atoms with Crippen LogP contribution in [0.2, 0.25) is 0 Å². The molecule has 0 amide bonds. The number of aliphatic hydroxyl groups is 1. The first kappa shape index (κ1) is 14.8. The minimum Gasteiger partial charge on any atom is -0.496 e. The largest absolute Gasteiger partial charge is 0.496 e. The number of ether oxygens (including phenoxy) is 1. The highest BCUT2D eigenvalue weighted by Crippen LogP contribution is 2.40. The summed E-state index contributed by atoms with van der Waals surface area (Å²) in [6.45, 7) is 4.24. The highest BCUT2D eigenvalue weighted by Gasteiger charge is 2.51. The van der Waals surface area contributed by atoms with E-state index in [0.717, 1.165) is 6.92 Å². The lowest BCUT2D eigenvalue weighted by Crippen LogP contribution is -2.39. The number of methoxy groups -OCH3 is 1. The van der Waals surface area contributed by atoms with Crippen LogP contribution in [-0.2, 0) is 12.0 Å². The Labute approximate surface area is 104 Å². The molecule has 18 heavy (non-hydrogen) atoms. The standard InChI is InChI=1S/C13H17F3O2/c1-5-9-7-10(6-8(2)11(9)18-4)12(3,17)13(14,15)16/h6-7,17H,5H2,1-4H3. The lowest BCUT2D eigenvalue weighted by Gasteiger charge is -2.28. The smallest absolute Gasteiger partial charge is 0.421 e. The molecule has 5 heteroatoms. The van der Waals surface area contributed by atoms with Crippen molar-refractivity contribution < 1.29 is 23.0 Å². The van der Waals surface area contributed by atoms with E-state index in [0.29, 0.717) is 23.3 Å². The van der Waals surface area contributed by atoms with Crippen molar-refractivity contribution in [2.75, 3.05) is 7.11 Å². The Morgan fingerprint density at radius 2 is 1.83 bits per heavy atom. The molecular formula is C13H17F3O2. The molecule has 1 unspecified atom stereocenters. The molecular weight excluding hydrogens is 245 g/mol. The van der Waals surface area contributed by atoms with Gasteiger partial charge in [0.25, 0.3) is 0 Å². The molecule has 102 valence electrons. The fourth-order valence-electron chi connectivity index (χ4n) is 1.85. The van der Waals surface area contributed by atoms with E-state index in [1.807, 2.05) is 6.92 Å². The van der Waals surface area contributed by atoms with Gasteiger partial charge in [-0.3, -0.25) is 0 Å². The van der Waals surface area contributed by atoms with Gasteiger partial charge in [-0.25, -0.2) is 0 Å². The molecule has 0 aromatic heterocycles. The number of hydrogen-bond donors (Lipinski definition) is 1. The van der Waals surface area contributed by atoms with E-state index in [4.69, 9.17) is 4.74 Å². The second-order valence-electron chi connectivity index (χ2n) is 4.41. The van der Waals surface area contributed by atoms with E-state index in [2.05, 4.69) is 0 Å². The van der Waals surface area contributed by atoms with Gasteiger partial charge in [-0.15, -0.1) is 0 Å². The molecule has 0 saturated carbocycles. The lowest BCUT2D eigenvalue weighted by atomic mass is 9.91. The number of benzene rings is 1. The summed E-state index contributed by atoms with van der Waals surface area (Å²) in [5.41, 5.74) is -1.79. The van der Waals surface area contributed by atoms with Crippen LogP contribution in [0.1, 0.15) is 30.5 Å². The number of halogens is 3. The molecule has 0 aliphatic carbocycles. The third-order valence-corrected chi connectivity index (χ3v) is 3.05. The second-order valence-corrected chi connectivity index (χ2v) is 4.41. The van der Waals surface area contributed by atoms with E-state index in [9.17, 15) is 18.3 Å². The van der Waals surface area contributed by atoms with Gasteiger partial charge in [0.05, 0.1) is 7.11 Å². The molecule has 0 fully saturated rings. The summed E-state index contributed by atoms with van der Waals surface area (Å²) in [4.78, 5) is 0. The molecule has 2 nitrogen and oxygen atoms in total. The molecule has 0 heterocycles. The number of rotatable bonds is 3. The fraction of sp³-hybridized carbons (Fsp3) is 0.538. The summed E-state index contributed by atoms with van der Waals surface area (Å²) in [6.07, 6.45) is -4.18. The van der Waals surface area contributed by atoms with Crippen LogP contribution in [0.3, 0.4) is 0 Å². The van der Waals surface area contributed by atoms with Crippen molar-refractivity contribution in [3.63, 3.8) is 0 Å². The zero-order valence-corrected chi connectivity index (χ0v) is 10.9. The zero-order valence-electron chi connectivity index (χ0n) is 10.9. The van der Waals surface area contributed by atoms with Crippen LogP contribution >= 0.6 is 0 Å². The molecule has 1 aromatic rings. The lowest BCUT2D eigenvalue weighted by molar-refractivity contribution is -0.258. The Morgan fingerprint density at radius 1 is 1.28 bits per heavy atom. The highest BCUT2D eigenvalue weighted by molar-refractivity contribution is 5.46. The van der Waals surface area contributed by atoms with Crippen molar-refractivity contribution in [1.29, 1.82) is 0 Å². The minimum atomic E-state index is -4.71. The maximum atomic E-state index is 12.8. The third kappa shape index (κ3) is 2.46. The summed E-state index contributed by atoms with van der Waals surface area (Å²) >= 11 is 0. The topological polar surface area (TPSA) is 29.5 Å². The van der Waals surface area contributed by atoms with Crippen LogP contribution in [0, 0.1) is 6.92 Å². The number of hydrogen-bond acceptors (Lipinski definition) is 2. The molecule has 0 bridgehead atoms. The zero-order chi connectivity index (χ0) is 14.1. The third-order valence-electron chi connectivity index (χ3n) is 3.05. The Balaban J connectivity index is 3.41. The molecule has 1 aromatic carbocycles. The highest BCUT2D eigenvalue weighted by atomic mass is 19.4. The SMILES string of the molecule is CCc1cc(C(C)(O)C(F)(F)F)cc(C)c1OC. The predicted octanol–water partition coefficient (Wildman–Crippen LogP) is 3.34. The predicted molar refractivity (Wildman–Crippen MR) is 62.7 cm³/mol. The van der Waals surface area contributed by atoms with Gasteiger partial charge >= 0.3 is 6.18 Å². The van der Waals surface area contributed by atoms with Gasteiger partial charge in [0, 0.05) is 0 Å². The average Bonchev–Trinajstić information content (AvgIpc) is 2.26. The molecule has 1 atom stereocenters. The van der Waals surface area contributed by atoms with Gasteiger partial charge in [-0.2, -0.15) is 13.2 Å². The summed E-state index contributed by atoms with van der Waals surface area (Å²) in [6, 6.07) is 2.66. The second kappa shape index (κ2) is 4.80. The van der Waals surface area contributed by atoms with Crippen molar-refractivity contribution in [2.45, 2.75) is 39.0 Å². The molecule has 1 N–H and O–H groups in total. The van der Waals surface area contributed by atoms with Gasteiger partial charge in [-0.1, -0.05) is 6.92 Å². The molecule has 0 saturated heterocycles. The van der Waals surface area contributed by atoms with Crippen LogP contribution in [0.15, 0.2) is 12.1 Å². The molecule has 0 spiro atoms. The van der Waals surface area contributed by atoms with Crippen LogP contribution in [0.5, 0.6) is 5.75 Å². The molecule has 0 radical (unpaired) electrons. The van der Waals surface area contributed by atoms with Crippen LogP contribution < -0.4 is 4.74 Å². The summed E-state index contributed by atoms with van der Waals surface area (Å²) < 4.78 is 43.5. The Kier molecular flexibility index (Phi) is 3.96. The van der Waals surface area contributed by atoms with Crippen LogP contribution in [-0.4, -0.2) is 18.4 Å². The first-order valence-electron chi connectivity index (χ1n) is 5.62. The molecule has 0 aliphatic rings. The average molecular weight is 262 g/mol. The summed E-state index contributed by atoms with van der Waals surface area (Å²) in [5, 5.41) is 9.66. The normalized spacial score (nSPS) is 15.3. The van der Waals surface area contributed by atoms with Crippen molar-refractivity contribution in [3.05, 3.63) is 28.8 Å². The maximum Gasteiger partial charge on any atom is 0.421 e. The van der Waals surface area contributed by atoms with Gasteiger partial charge in [-0.05, 0) is 49.1 Å². The first-order valence-corrected chi connectivity index (χ1v) is 5.62. The van der Waals surface area contributed by atoms with Gasteiger partial charge in [0.1, 0.15) is 5.75 Å². The fourth-order valence-corrected chi connectivity index (χ4v) is 1.85. The molecule has 0 aliphatic heterocycles. The van der Waals surface area contributed by atoms with Crippen LogP contribution in [0.4, 0.5) is 13.2 Å². The minimum absolute atomic E-state index is 0.162. The summed E-state index contributed by atoms with van der Waals surface area (Å²) in [5.74, 6) is 0.569. The van der Waals surface area contributed by atoms with Gasteiger partial charge in [0.2, 0.25) is 0 Å². The van der Waals surface area contributed by atoms with E-state index in [1.54, 1.807) is 6.92 Å². The first-order chi connectivity index (χ1) is 8.15. The Morgan fingerprint density at radius 3 is 2.22 bits per heavy atom. The maximum absolute atomic E-state index is 12.8. The van der Waals surface area contributed by atoms with E-state index >= 15 is 0 Å². The number of aryl methyl sites for hydroxylation is 2. The van der Waals surface area contributed by atoms with E-state index < -0.39 is 11.8 Å². The van der Waals surface area contributed by atoms with Crippen LogP contribution in [0.25, 0.3) is 0 Å². The number of alkyl halides is 3. The Hall–Kier alpha value is -1.23. The monoisotopic (exact) mass is 262 g/mol. The van der Waals surface area contributed by atoms with E-state index in [-0.39, 0.29) is 5.56 Å². The van der Waals surface area contributed by atoms with Crippen molar-refractivity contribution >= 4 is 0 Å². The summed E-state index contributed by atoms with van der Waals surface area (Å²) in [7, 11) is 1.48. The van der Waals surface area contributed by atoms with Crippen molar-refractivity contribution in [1.82, 2.24) is 0 Å². The quantitative estimate of drug-likeness (QED) is 0.905. The molecule has 1 rings (SSSR count). The van der Waals surface area contributed by atoms with Crippen molar-refractivity contribution in [3.8, 4) is 5.75 Å².